The van der Waals surface area contributed by atoms with E-state index in [4.69, 9.17) is 19.9 Å². The standard InChI is InChI=1S/C25H41N8O8P/c1-6-8-11-39-22(35)15(3)30-42(38,31-16(4)23(36)40-12-9-7-2)13-10-17-19(34)25(5,37)24(41-17)33-21-18(29-32-33)20(26)27-14-28-21/h10,13-17,19,24,34,37H,6-9,11-12H2,1-5H3,(H2,26,27,28)(H2,30,31,38)/b13-10+/t15-,16-,17+,19+,24+,25+/m0/s1. The van der Waals surface area contributed by atoms with Crippen LogP contribution < -0.4 is 15.9 Å². The van der Waals surface area contributed by atoms with Crippen molar-refractivity contribution < 1.29 is 38.6 Å². The van der Waals surface area contributed by atoms with Gasteiger partial charge < -0.3 is 30.2 Å². The van der Waals surface area contributed by atoms with E-state index in [0.717, 1.165) is 12.8 Å². The Hall–Kier alpha value is -3.01. The number of nitrogens with one attached hydrogen (secondary N) is 2. The quantitative estimate of drug-likeness (QED) is 0.108. The molecule has 1 aliphatic heterocycles. The van der Waals surface area contributed by atoms with E-state index in [9.17, 15) is 24.4 Å². The molecule has 0 radical (unpaired) electrons. The van der Waals surface area contributed by atoms with Crippen LogP contribution >= 0.6 is 7.44 Å². The molecule has 0 aliphatic carbocycles. The van der Waals surface area contributed by atoms with Crippen molar-refractivity contribution in [1.82, 2.24) is 35.1 Å². The van der Waals surface area contributed by atoms with E-state index in [2.05, 4.69) is 30.5 Å². The van der Waals surface area contributed by atoms with Crippen molar-refractivity contribution in [2.24, 2.45) is 0 Å². The Balaban J connectivity index is 1.84. The van der Waals surface area contributed by atoms with Crippen molar-refractivity contribution in [3.63, 3.8) is 0 Å². The van der Waals surface area contributed by atoms with Gasteiger partial charge in [-0.05, 0) is 39.7 Å². The minimum atomic E-state index is -3.89. The van der Waals surface area contributed by atoms with Gasteiger partial charge in [-0.3, -0.25) is 14.2 Å². The summed E-state index contributed by atoms with van der Waals surface area (Å²) in [5.41, 5.74) is 4.29. The van der Waals surface area contributed by atoms with Crippen LogP contribution in [-0.4, -0.2) is 90.2 Å². The molecule has 1 saturated heterocycles. The molecule has 6 N–H and O–H groups in total. The first-order chi connectivity index (χ1) is 19.8. The van der Waals surface area contributed by atoms with Crippen molar-refractivity contribution in [1.29, 1.82) is 0 Å². The molecule has 0 spiro atoms. The summed E-state index contributed by atoms with van der Waals surface area (Å²) in [7, 11) is -3.89. The number of carbonyl (C=O) groups is 2. The molecule has 3 rings (SSSR count). The van der Waals surface area contributed by atoms with Crippen LogP contribution in [0.1, 0.15) is 66.5 Å². The SMILES string of the molecule is CCCCOC(=O)[C@H](C)NP(=O)(/C=C/[C@H]1O[C@@H](n2nnc3c(N)ncnc32)[C@](C)(O)[C@@H]1O)N[C@@H](C)C(=O)OCCCC. The van der Waals surface area contributed by atoms with Gasteiger partial charge in [0.1, 0.15) is 36.2 Å². The molecule has 1 aliphatic rings. The first kappa shape index (κ1) is 33.5. The first-order valence-corrected chi connectivity index (χ1v) is 15.7. The van der Waals surface area contributed by atoms with Crippen LogP contribution in [0.5, 0.6) is 0 Å². The lowest BCUT2D eigenvalue weighted by atomic mass is 9.96. The monoisotopic (exact) mass is 612 g/mol. The molecule has 3 heterocycles. The fourth-order valence-electron chi connectivity index (χ4n) is 4.13. The van der Waals surface area contributed by atoms with Gasteiger partial charge in [0.25, 0.3) is 0 Å². The molecule has 1 fully saturated rings. The highest BCUT2D eigenvalue weighted by Gasteiger charge is 2.53. The zero-order chi connectivity index (χ0) is 31.1. The van der Waals surface area contributed by atoms with E-state index < -0.39 is 55.5 Å². The van der Waals surface area contributed by atoms with Gasteiger partial charge >= 0.3 is 11.9 Å². The van der Waals surface area contributed by atoms with Gasteiger partial charge in [0.15, 0.2) is 23.2 Å². The number of carbonyl (C=O) groups excluding carboxylic acids is 2. The molecule has 17 heteroatoms. The predicted octanol–water partition coefficient (Wildman–Crippen LogP) is 1.16. The van der Waals surface area contributed by atoms with E-state index in [1.54, 1.807) is 0 Å². The van der Waals surface area contributed by atoms with Crippen LogP contribution in [0.25, 0.3) is 11.2 Å². The number of aromatic nitrogens is 5. The van der Waals surface area contributed by atoms with Crippen molar-refractivity contribution in [3.8, 4) is 0 Å². The minimum absolute atomic E-state index is 0.0728. The summed E-state index contributed by atoms with van der Waals surface area (Å²) in [4.78, 5) is 33.0. The highest BCUT2D eigenvalue weighted by Crippen LogP contribution is 2.43. The normalized spacial score (nSPS) is 24.2. The summed E-state index contributed by atoms with van der Waals surface area (Å²) in [5.74, 6) is -0.0124. The number of aliphatic hydroxyl groups is 2. The van der Waals surface area contributed by atoms with E-state index >= 15 is 0 Å². The van der Waals surface area contributed by atoms with Crippen molar-refractivity contribution in [2.45, 2.75) is 96.4 Å². The molecule has 234 valence electrons. The number of ether oxygens (including phenoxy) is 3. The minimum Gasteiger partial charge on any atom is -0.465 e. The second-order valence-electron chi connectivity index (χ2n) is 10.3. The Morgan fingerprint density at radius 3 is 2.29 bits per heavy atom. The van der Waals surface area contributed by atoms with E-state index in [1.807, 2.05) is 13.8 Å². The summed E-state index contributed by atoms with van der Waals surface area (Å²) in [6, 6.07) is -2.05. The number of aliphatic hydroxyl groups excluding tert-OH is 1. The lowest BCUT2D eigenvalue weighted by molar-refractivity contribution is -0.145. The van der Waals surface area contributed by atoms with E-state index in [0.29, 0.717) is 12.8 Å². The summed E-state index contributed by atoms with van der Waals surface area (Å²) in [6.07, 6.45) is 1.50. The summed E-state index contributed by atoms with van der Waals surface area (Å²) >= 11 is 0. The fourth-order valence-corrected chi connectivity index (χ4v) is 6.15. The number of hydrogen-bond acceptors (Lipinski definition) is 13. The Labute approximate surface area is 243 Å². The molecule has 2 aromatic heterocycles. The van der Waals surface area contributed by atoms with Crippen molar-refractivity contribution >= 4 is 36.4 Å². The summed E-state index contributed by atoms with van der Waals surface area (Å²) < 4.78 is 31.6. The molecule has 0 bridgehead atoms. The average molecular weight is 613 g/mol. The predicted molar refractivity (Wildman–Crippen MR) is 152 cm³/mol. The molecule has 0 amide bonds. The topological polar surface area (TPSA) is 226 Å². The first-order valence-electron chi connectivity index (χ1n) is 13.9. The van der Waals surface area contributed by atoms with Crippen LogP contribution in [0.2, 0.25) is 0 Å². The van der Waals surface area contributed by atoms with E-state index in [-0.39, 0.29) is 30.2 Å². The number of nitrogens with two attached hydrogens (primary N) is 1. The molecular weight excluding hydrogens is 571 g/mol. The highest BCUT2D eigenvalue weighted by atomic mass is 31.2. The van der Waals surface area contributed by atoms with Crippen LogP contribution in [-0.2, 0) is 28.4 Å². The largest absolute Gasteiger partial charge is 0.465 e. The Kier molecular flexibility index (Phi) is 11.5. The molecule has 0 saturated carbocycles. The summed E-state index contributed by atoms with van der Waals surface area (Å²) in [5, 5.41) is 35.5. The number of fused-ring (bicyclic) bond motifs is 1. The number of rotatable bonds is 15. The van der Waals surface area contributed by atoms with Crippen molar-refractivity contribution in [2.75, 3.05) is 18.9 Å². The number of unbranched alkanes of at least 4 members (excludes halogenated alkanes) is 2. The van der Waals surface area contributed by atoms with Gasteiger partial charge in [-0.2, -0.15) is 4.68 Å². The Bertz CT molecular complexity index is 1270. The third-order valence-electron chi connectivity index (χ3n) is 6.66. The third-order valence-corrected chi connectivity index (χ3v) is 8.79. The van der Waals surface area contributed by atoms with Gasteiger partial charge in [-0.25, -0.2) is 20.1 Å². The molecular formula is C25H41N8O8P. The Morgan fingerprint density at radius 1 is 1.17 bits per heavy atom. The van der Waals surface area contributed by atoms with Crippen LogP contribution in [0.4, 0.5) is 5.82 Å². The fraction of sp³-hybridized carbons (Fsp3) is 0.680. The molecule has 6 atom stereocenters. The number of nitrogens with zero attached hydrogens (tertiary/aromatic N) is 5. The Morgan fingerprint density at radius 2 is 1.74 bits per heavy atom. The van der Waals surface area contributed by atoms with Gasteiger partial charge in [0.2, 0.25) is 7.44 Å². The lowest BCUT2D eigenvalue weighted by Gasteiger charge is -2.26. The average Bonchev–Trinajstić information content (AvgIpc) is 3.46. The summed E-state index contributed by atoms with van der Waals surface area (Å²) in [6.45, 7) is 8.62. The zero-order valence-electron chi connectivity index (χ0n) is 24.5. The van der Waals surface area contributed by atoms with Gasteiger partial charge in [0, 0.05) is 5.82 Å². The highest BCUT2D eigenvalue weighted by molar-refractivity contribution is 7.63. The molecule has 42 heavy (non-hydrogen) atoms. The van der Waals surface area contributed by atoms with Crippen LogP contribution in [0, 0.1) is 0 Å². The van der Waals surface area contributed by atoms with Gasteiger partial charge in [0.05, 0.1) is 13.2 Å². The molecule has 16 nitrogen and oxygen atoms in total. The van der Waals surface area contributed by atoms with Gasteiger partial charge in [-0.15, -0.1) is 5.10 Å². The molecule has 0 aromatic carbocycles. The van der Waals surface area contributed by atoms with Crippen LogP contribution in [0.3, 0.4) is 0 Å². The lowest BCUT2D eigenvalue weighted by Crippen LogP contribution is -2.43. The second kappa shape index (κ2) is 14.4. The maximum absolute atomic E-state index is 14.1. The smallest absolute Gasteiger partial charge is 0.323 e. The number of nitrogen functional groups attached to an aromatic ring is 1. The maximum atomic E-state index is 14.1. The second-order valence-corrected chi connectivity index (χ2v) is 12.5. The zero-order valence-corrected chi connectivity index (χ0v) is 25.4. The number of hydrogen-bond donors (Lipinski definition) is 5. The molecule has 0 unspecified atom stereocenters. The number of esters is 2. The molecule has 2 aromatic rings. The number of anilines is 1. The van der Waals surface area contributed by atoms with Crippen molar-refractivity contribution in [3.05, 3.63) is 18.2 Å². The van der Waals surface area contributed by atoms with Crippen LogP contribution in [0.15, 0.2) is 18.2 Å². The van der Waals surface area contributed by atoms with E-state index in [1.165, 1.54) is 43.7 Å². The third kappa shape index (κ3) is 7.88. The maximum Gasteiger partial charge on any atom is 0.323 e. The van der Waals surface area contributed by atoms with Gasteiger partial charge in [-0.1, -0.05) is 31.9 Å².